The van der Waals surface area contributed by atoms with Crippen LogP contribution in [0.3, 0.4) is 0 Å². The van der Waals surface area contributed by atoms with Gasteiger partial charge in [-0.2, -0.15) is 0 Å². The zero-order valence-electron chi connectivity index (χ0n) is 16.4. The Kier molecular flexibility index (Phi) is 7.58. The predicted molar refractivity (Wildman–Crippen MR) is 124 cm³/mol. The van der Waals surface area contributed by atoms with Crippen LogP contribution in [0.1, 0.15) is 30.6 Å². The molecule has 9 heteroatoms. The first-order chi connectivity index (χ1) is 14.4. The first-order valence-electron chi connectivity index (χ1n) is 9.34. The minimum atomic E-state index is -0.711. The minimum Gasteiger partial charge on any atom is -0.340 e. The van der Waals surface area contributed by atoms with Crippen LogP contribution >= 0.6 is 38.9 Å². The third-order valence-electron chi connectivity index (χ3n) is 4.65. The van der Waals surface area contributed by atoms with E-state index >= 15 is 0 Å². The fourth-order valence-corrected chi connectivity index (χ4v) is 4.08. The summed E-state index contributed by atoms with van der Waals surface area (Å²) in [6.07, 6.45) is 0.723. The zero-order chi connectivity index (χ0) is 21.7. The van der Waals surface area contributed by atoms with Crippen molar-refractivity contribution in [3.8, 4) is 10.6 Å². The van der Waals surface area contributed by atoms with Crippen LogP contribution < -0.4 is 10.6 Å². The summed E-state index contributed by atoms with van der Waals surface area (Å²) in [6.45, 7) is 3.89. The molecule has 0 aliphatic heterocycles. The van der Waals surface area contributed by atoms with Crippen LogP contribution in [0.2, 0.25) is 5.02 Å². The molecule has 0 saturated carbocycles. The summed E-state index contributed by atoms with van der Waals surface area (Å²) < 4.78 is 0.669. The second-order valence-electron chi connectivity index (χ2n) is 6.73. The zero-order valence-corrected chi connectivity index (χ0v) is 19.5. The molecular formula is C21H20BrClN4O2S. The maximum atomic E-state index is 12.9. The maximum absolute atomic E-state index is 12.9. The number of amides is 2. The van der Waals surface area contributed by atoms with E-state index in [1.165, 1.54) is 11.3 Å². The first-order valence-corrected chi connectivity index (χ1v) is 11.3. The highest BCUT2D eigenvalue weighted by molar-refractivity contribution is 9.10. The lowest BCUT2D eigenvalue weighted by Crippen LogP contribution is -2.47. The molecule has 2 unspecified atom stereocenters. The lowest BCUT2D eigenvalue weighted by atomic mass is 9.98. The topological polar surface area (TPSA) is 84.0 Å². The molecule has 1 aromatic heterocycles. The van der Waals surface area contributed by atoms with E-state index < -0.39 is 6.04 Å². The van der Waals surface area contributed by atoms with Gasteiger partial charge >= 0.3 is 0 Å². The molecule has 0 bridgehead atoms. The van der Waals surface area contributed by atoms with Crippen molar-refractivity contribution in [2.75, 3.05) is 5.32 Å². The van der Waals surface area contributed by atoms with Crippen molar-refractivity contribution >= 4 is 55.8 Å². The SMILES string of the molecule is CCC(C)C(NC(=O)c1ccccc1Br)C(=O)Nc1nnc(-c2ccc(Cl)cc2)s1. The number of hydrogen-bond donors (Lipinski definition) is 2. The molecular weight excluding hydrogens is 488 g/mol. The van der Waals surface area contributed by atoms with Crippen molar-refractivity contribution in [1.82, 2.24) is 15.5 Å². The van der Waals surface area contributed by atoms with Crippen LogP contribution in [0.5, 0.6) is 0 Å². The number of nitrogens with zero attached hydrogens (tertiary/aromatic N) is 2. The fraction of sp³-hybridized carbons (Fsp3) is 0.238. The van der Waals surface area contributed by atoms with Gasteiger partial charge in [0.1, 0.15) is 11.0 Å². The number of nitrogens with one attached hydrogen (secondary N) is 2. The van der Waals surface area contributed by atoms with Crippen molar-refractivity contribution in [2.24, 2.45) is 5.92 Å². The standard InChI is InChI=1S/C21H20BrClN4O2S/c1-3-12(2)17(24-18(28)15-6-4-5-7-16(15)22)19(29)25-21-27-26-20(30-21)13-8-10-14(23)11-9-13/h4-12,17H,3H2,1-2H3,(H,24,28)(H,25,27,29). The molecule has 156 valence electrons. The van der Waals surface area contributed by atoms with Crippen LogP contribution in [0.25, 0.3) is 10.6 Å². The molecule has 2 aromatic carbocycles. The maximum Gasteiger partial charge on any atom is 0.253 e. The van der Waals surface area contributed by atoms with Gasteiger partial charge < -0.3 is 5.32 Å². The van der Waals surface area contributed by atoms with Gasteiger partial charge in [-0.25, -0.2) is 0 Å². The lowest BCUT2D eigenvalue weighted by molar-refractivity contribution is -0.119. The van der Waals surface area contributed by atoms with Gasteiger partial charge in [-0.1, -0.05) is 67.5 Å². The number of anilines is 1. The molecule has 0 aliphatic rings. The average molecular weight is 508 g/mol. The summed E-state index contributed by atoms with van der Waals surface area (Å²) in [7, 11) is 0. The largest absolute Gasteiger partial charge is 0.340 e. The van der Waals surface area contributed by atoms with Crippen LogP contribution in [0, 0.1) is 5.92 Å². The van der Waals surface area contributed by atoms with E-state index in [0.29, 0.717) is 25.2 Å². The van der Waals surface area contributed by atoms with Crippen LogP contribution in [0.15, 0.2) is 53.0 Å². The summed E-state index contributed by atoms with van der Waals surface area (Å²) >= 11 is 10.6. The molecule has 3 rings (SSSR count). The van der Waals surface area contributed by atoms with E-state index in [1.54, 1.807) is 30.3 Å². The van der Waals surface area contributed by atoms with Gasteiger partial charge in [0.05, 0.1) is 5.56 Å². The number of rotatable bonds is 7. The second kappa shape index (κ2) is 10.1. The first kappa shape index (κ1) is 22.4. The van der Waals surface area contributed by atoms with Gasteiger partial charge in [-0.05, 0) is 46.1 Å². The Hall–Kier alpha value is -2.29. The van der Waals surface area contributed by atoms with Crippen LogP contribution in [-0.4, -0.2) is 28.1 Å². The molecule has 0 fully saturated rings. The molecule has 1 heterocycles. The smallest absolute Gasteiger partial charge is 0.253 e. The Labute approximate surface area is 192 Å². The number of aromatic nitrogens is 2. The number of halogens is 2. The highest BCUT2D eigenvalue weighted by Gasteiger charge is 2.27. The Balaban J connectivity index is 1.74. The Morgan fingerprint density at radius 1 is 1.13 bits per heavy atom. The molecule has 0 saturated heterocycles. The Morgan fingerprint density at radius 3 is 2.50 bits per heavy atom. The van der Waals surface area contributed by atoms with Gasteiger partial charge in [0, 0.05) is 15.1 Å². The molecule has 2 amide bonds. The van der Waals surface area contributed by atoms with E-state index in [1.807, 2.05) is 32.0 Å². The van der Waals surface area contributed by atoms with Crippen molar-refractivity contribution in [2.45, 2.75) is 26.3 Å². The van der Waals surface area contributed by atoms with Gasteiger partial charge in [-0.15, -0.1) is 10.2 Å². The van der Waals surface area contributed by atoms with Gasteiger partial charge in [0.15, 0.2) is 0 Å². The number of carbonyl (C=O) groups is 2. The Morgan fingerprint density at radius 2 is 1.83 bits per heavy atom. The normalized spacial score (nSPS) is 12.8. The third-order valence-corrected chi connectivity index (χ3v) is 6.48. The molecule has 0 spiro atoms. The number of benzene rings is 2. The molecule has 3 aromatic rings. The van der Waals surface area contributed by atoms with Gasteiger partial charge in [-0.3, -0.25) is 14.9 Å². The third kappa shape index (κ3) is 5.44. The highest BCUT2D eigenvalue weighted by atomic mass is 79.9. The Bertz CT molecular complexity index is 1040. The van der Waals surface area contributed by atoms with Crippen LogP contribution in [0.4, 0.5) is 5.13 Å². The monoisotopic (exact) mass is 506 g/mol. The summed E-state index contributed by atoms with van der Waals surface area (Å²) in [4.78, 5) is 25.7. The van der Waals surface area contributed by atoms with Crippen molar-refractivity contribution in [3.05, 3.63) is 63.6 Å². The second-order valence-corrected chi connectivity index (χ2v) is 8.99. The van der Waals surface area contributed by atoms with Gasteiger partial charge in [0.2, 0.25) is 11.0 Å². The molecule has 30 heavy (non-hydrogen) atoms. The summed E-state index contributed by atoms with van der Waals surface area (Å²) in [5, 5.41) is 15.5. The van der Waals surface area contributed by atoms with Crippen LogP contribution in [-0.2, 0) is 4.79 Å². The average Bonchev–Trinajstić information content (AvgIpc) is 3.20. The van der Waals surface area contributed by atoms with Crippen molar-refractivity contribution in [1.29, 1.82) is 0 Å². The molecule has 0 radical (unpaired) electrons. The quantitative estimate of drug-likeness (QED) is 0.448. The predicted octanol–water partition coefficient (Wildman–Crippen LogP) is 5.40. The van der Waals surface area contributed by atoms with E-state index in [0.717, 1.165) is 12.0 Å². The number of hydrogen-bond acceptors (Lipinski definition) is 5. The summed E-state index contributed by atoms with van der Waals surface area (Å²) in [5.74, 6) is -0.717. The number of carbonyl (C=O) groups excluding carboxylic acids is 2. The van der Waals surface area contributed by atoms with E-state index in [9.17, 15) is 9.59 Å². The molecule has 2 N–H and O–H groups in total. The molecule has 0 aliphatic carbocycles. The van der Waals surface area contributed by atoms with Gasteiger partial charge in [0.25, 0.3) is 5.91 Å². The lowest BCUT2D eigenvalue weighted by Gasteiger charge is -2.23. The fourth-order valence-electron chi connectivity index (χ4n) is 2.73. The molecule has 2 atom stereocenters. The van der Waals surface area contributed by atoms with E-state index in [-0.39, 0.29) is 17.7 Å². The van der Waals surface area contributed by atoms with Crippen molar-refractivity contribution in [3.63, 3.8) is 0 Å². The summed E-state index contributed by atoms with van der Waals surface area (Å²) in [5.41, 5.74) is 1.33. The highest BCUT2D eigenvalue weighted by Crippen LogP contribution is 2.27. The van der Waals surface area contributed by atoms with Crippen molar-refractivity contribution < 1.29 is 9.59 Å². The van der Waals surface area contributed by atoms with E-state index in [2.05, 4.69) is 36.8 Å². The summed E-state index contributed by atoms with van der Waals surface area (Å²) in [6, 6.07) is 13.6. The minimum absolute atomic E-state index is 0.0694. The molecule has 6 nitrogen and oxygen atoms in total. The van der Waals surface area contributed by atoms with E-state index in [4.69, 9.17) is 11.6 Å².